The number of nitriles is 2. The molecule has 124 valence electrons. The Bertz CT molecular complexity index is 879. The lowest BCUT2D eigenvalue weighted by Crippen LogP contribution is -2.26. The molecule has 1 N–H and O–H groups in total. The minimum Gasteiger partial charge on any atom is -0.349 e. The highest BCUT2D eigenvalue weighted by Gasteiger charge is 2.25. The Labute approximate surface area is 146 Å². The molecule has 1 aliphatic carbocycles. The van der Waals surface area contributed by atoms with E-state index < -0.39 is 0 Å². The fourth-order valence-corrected chi connectivity index (χ4v) is 2.44. The minimum absolute atomic E-state index is 0.0592. The van der Waals surface area contributed by atoms with E-state index in [-0.39, 0.29) is 17.5 Å². The third kappa shape index (κ3) is 4.13. The van der Waals surface area contributed by atoms with Gasteiger partial charge in [-0.15, -0.1) is 0 Å². The van der Waals surface area contributed by atoms with E-state index in [1.807, 2.05) is 36.4 Å². The lowest BCUT2D eigenvalue weighted by Gasteiger charge is -2.02. The normalized spacial score (nSPS) is 13.8. The van der Waals surface area contributed by atoms with Crippen molar-refractivity contribution in [2.75, 3.05) is 0 Å². The maximum absolute atomic E-state index is 12.2. The lowest BCUT2D eigenvalue weighted by molar-refractivity contribution is -0.117. The summed E-state index contributed by atoms with van der Waals surface area (Å²) >= 11 is 0. The molecule has 25 heavy (non-hydrogen) atoms. The molecule has 1 amide bonds. The highest BCUT2D eigenvalue weighted by molar-refractivity contribution is 6.02. The average molecular weight is 331 g/mol. The first kappa shape index (κ1) is 16.5. The topological polar surface area (TPSA) is 94.5 Å². The van der Waals surface area contributed by atoms with Gasteiger partial charge in [-0.3, -0.25) is 9.48 Å². The Morgan fingerprint density at radius 2 is 2.08 bits per heavy atom. The number of benzene rings is 1. The Balaban J connectivity index is 1.96. The van der Waals surface area contributed by atoms with Crippen LogP contribution >= 0.6 is 0 Å². The number of nitrogens with zero attached hydrogens (tertiary/aromatic N) is 4. The maximum Gasteiger partial charge on any atom is 0.262 e. The van der Waals surface area contributed by atoms with Gasteiger partial charge in [-0.2, -0.15) is 15.6 Å². The SMILES string of the molecule is N#CCCn1cc(/C=C(\C#N)C(=O)NC2CC2)c(-c2ccccc2)n1. The number of hydrogen-bond donors (Lipinski definition) is 1. The fraction of sp³-hybridized carbons (Fsp3) is 0.263. The third-order valence-electron chi connectivity index (χ3n) is 3.87. The van der Waals surface area contributed by atoms with Crippen LogP contribution in [-0.2, 0) is 11.3 Å². The van der Waals surface area contributed by atoms with Crippen LogP contribution in [0.1, 0.15) is 24.8 Å². The van der Waals surface area contributed by atoms with Crippen molar-refractivity contribution in [3.8, 4) is 23.4 Å². The lowest BCUT2D eigenvalue weighted by atomic mass is 10.1. The largest absolute Gasteiger partial charge is 0.349 e. The Morgan fingerprint density at radius 1 is 1.32 bits per heavy atom. The van der Waals surface area contributed by atoms with Crippen LogP contribution in [0.15, 0.2) is 42.1 Å². The van der Waals surface area contributed by atoms with Crippen molar-refractivity contribution in [1.29, 1.82) is 10.5 Å². The first-order valence-electron chi connectivity index (χ1n) is 8.13. The molecule has 3 rings (SSSR count). The molecule has 6 nitrogen and oxygen atoms in total. The molecule has 0 radical (unpaired) electrons. The summed E-state index contributed by atoms with van der Waals surface area (Å²) in [5, 5.41) is 25.5. The van der Waals surface area contributed by atoms with E-state index in [2.05, 4.69) is 16.5 Å². The standard InChI is InChI=1S/C19H17N5O/c20-9-4-10-24-13-16(18(23-24)14-5-2-1-3-6-14)11-15(12-21)19(25)22-17-7-8-17/h1-3,5-6,11,13,17H,4,7-8,10H2,(H,22,25)/b15-11+. The predicted octanol–water partition coefficient (Wildman–Crippen LogP) is 2.65. The van der Waals surface area contributed by atoms with Gasteiger partial charge in [-0.1, -0.05) is 30.3 Å². The second-order valence-electron chi connectivity index (χ2n) is 5.89. The van der Waals surface area contributed by atoms with Crippen LogP contribution in [0.25, 0.3) is 17.3 Å². The molecule has 1 aromatic heterocycles. The van der Waals surface area contributed by atoms with E-state index in [9.17, 15) is 10.1 Å². The summed E-state index contributed by atoms with van der Waals surface area (Å²) in [6, 6.07) is 13.8. The number of nitrogens with one attached hydrogen (secondary N) is 1. The van der Waals surface area contributed by atoms with E-state index in [1.54, 1.807) is 17.0 Å². The van der Waals surface area contributed by atoms with Crippen molar-refractivity contribution < 1.29 is 4.79 Å². The zero-order valence-electron chi connectivity index (χ0n) is 13.6. The van der Waals surface area contributed by atoms with E-state index in [0.717, 1.165) is 18.4 Å². The van der Waals surface area contributed by atoms with Crippen molar-refractivity contribution >= 4 is 12.0 Å². The highest BCUT2D eigenvalue weighted by atomic mass is 16.1. The Kier molecular flexibility index (Phi) is 4.92. The van der Waals surface area contributed by atoms with E-state index in [0.29, 0.717) is 24.2 Å². The van der Waals surface area contributed by atoms with Crippen LogP contribution in [-0.4, -0.2) is 21.7 Å². The first-order chi connectivity index (χ1) is 12.2. The van der Waals surface area contributed by atoms with Gasteiger partial charge in [0.25, 0.3) is 5.91 Å². The second kappa shape index (κ2) is 7.46. The summed E-state index contributed by atoms with van der Waals surface area (Å²) in [5.74, 6) is -0.353. The van der Waals surface area contributed by atoms with Crippen molar-refractivity contribution in [1.82, 2.24) is 15.1 Å². The van der Waals surface area contributed by atoms with Gasteiger partial charge in [0.1, 0.15) is 11.6 Å². The molecular formula is C19H17N5O. The second-order valence-corrected chi connectivity index (χ2v) is 5.89. The quantitative estimate of drug-likeness (QED) is 0.650. The molecule has 1 aliphatic rings. The Hall–Kier alpha value is -3.38. The molecule has 6 heteroatoms. The molecule has 0 atom stereocenters. The number of amides is 1. The molecule has 0 bridgehead atoms. The van der Waals surface area contributed by atoms with Gasteiger partial charge in [-0.25, -0.2) is 0 Å². The van der Waals surface area contributed by atoms with Gasteiger partial charge < -0.3 is 5.32 Å². The van der Waals surface area contributed by atoms with Crippen LogP contribution in [0.5, 0.6) is 0 Å². The molecule has 1 saturated carbocycles. The summed E-state index contributed by atoms with van der Waals surface area (Å²) in [6.45, 7) is 0.459. The molecule has 1 fully saturated rings. The summed E-state index contributed by atoms with van der Waals surface area (Å²) < 4.78 is 1.67. The smallest absolute Gasteiger partial charge is 0.262 e. The number of carbonyl (C=O) groups excluding carboxylic acids is 1. The number of hydrogen-bond acceptors (Lipinski definition) is 4. The molecule has 0 aliphatic heterocycles. The van der Waals surface area contributed by atoms with Gasteiger partial charge in [0, 0.05) is 23.4 Å². The zero-order valence-corrected chi connectivity index (χ0v) is 13.6. The summed E-state index contributed by atoms with van der Waals surface area (Å²) in [4.78, 5) is 12.2. The van der Waals surface area contributed by atoms with Crippen molar-refractivity contribution in [2.45, 2.75) is 31.8 Å². The number of aromatic nitrogens is 2. The molecule has 1 aromatic carbocycles. The average Bonchev–Trinajstić information content (AvgIpc) is 3.36. The van der Waals surface area contributed by atoms with Gasteiger partial charge >= 0.3 is 0 Å². The molecule has 0 spiro atoms. The molecular weight excluding hydrogens is 314 g/mol. The Morgan fingerprint density at radius 3 is 2.72 bits per heavy atom. The van der Waals surface area contributed by atoms with Gasteiger partial charge in [0.05, 0.1) is 24.7 Å². The number of rotatable bonds is 6. The van der Waals surface area contributed by atoms with E-state index in [1.165, 1.54) is 0 Å². The van der Waals surface area contributed by atoms with E-state index in [4.69, 9.17) is 5.26 Å². The molecule has 0 saturated heterocycles. The fourth-order valence-electron chi connectivity index (χ4n) is 2.44. The van der Waals surface area contributed by atoms with Crippen molar-refractivity contribution in [3.05, 3.63) is 47.7 Å². The highest BCUT2D eigenvalue weighted by Crippen LogP contribution is 2.25. The third-order valence-corrected chi connectivity index (χ3v) is 3.87. The number of carbonyl (C=O) groups is 1. The van der Waals surface area contributed by atoms with Crippen LogP contribution < -0.4 is 5.32 Å². The van der Waals surface area contributed by atoms with Gasteiger partial charge in [-0.05, 0) is 18.9 Å². The van der Waals surface area contributed by atoms with Crippen molar-refractivity contribution in [2.24, 2.45) is 0 Å². The monoisotopic (exact) mass is 331 g/mol. The van der Waals surface area contributed by atoms with Crippen LogP contribution in [0.3, 0.4) is 0 Å². The summed E-state index contributed by atoms with van der Waals surface area (Å²) in [7, 11) is 0. The van der Waals surface area contributed by atoms with Crippen LogP contribution in [0.2, 0.25) is 0 Å². The van der Waals surface area contributed by atoms with Gasteiger partial charge in [0.2, 0.25) is 0 Å². The summed E-state index contributed by atoms with van der Waals surface area (Å²) in [5.41, 5.74) is 2.32. The number of aryl methyl sites for hydroxylation is 1. The summed E-state index contributed by atoms with van der Waals surface area (Å²) in [6.07, 6.45) is 5.60. The molecule has 1 heterocycles. The minimum atomic E-state index is -0.353. The van der Waals surface area contributed by atoms with Gasteiger partial charge in [0.15, 0.2) is 0 Å². The van der Waals surface area contributed by atoms with Crippen molar-refractivity contribution in [3.63, 3.8) is 0 Å². The predicted molar refractivity (Wildman–Crippen MR) is 92.6 cm³/mol. The zero-order chi connectivity index (χ0) is 17.6. The van der Waals surface area contributed by atoms with E-state index >= 15 is 0 Å². The first-order valence-corrected chi connectivity index (χ1v) is 8.13. The molecule has 0 unspecified atom stereocenters. The van der Waals surface area contributed by atoms with Crippen LogP contribution in [0, 0.1) is 22.7 Å². The van der Waals surface area contributed by atoms with Crippen LogP contribution in [0.4, 0.5) is 0 Å². The maximum atomic E-state index is 12.2. The molecule has 2 aromatic rings.